The predicted octanol–water partition coefficient (Wildman–Crippen LogP) is 1.17. The minimum atomic E-state index is -3.08. The van der Waals surface area contributed by atoms with Gasteiger partial charge in [-0.2, -0.15) is 0 Å². The Labute approximate surface area is 88.7 Å². The molecule has 3 aliphatic rings. The van der Waals surface area contributed by atoms with Gasteiger partial charge in [0.05, 0.1) is 19.0 Å². The van der Waals surface area contributed by atoms with Crippen LogP contribution in [0.5, 0.6) is 0 Å². The van der Waals surface area contributed by atoms with Gasteiger partial charge in [0, 0.05) is 10.8 Å². The van der Waals surface area contributed by atoms with Crippen molar-refractivity contribution in [3.8, 4) is 0 Å². The third-order valence-electron chi connectivity index (χ3n) is 4.30. The minimum absolute atomic E-state index is 0.141. The van der Waals surface area contributed by atoms with E-state index in [0.29, 0.717) is 13.2 Å². The molecule has 0 aromatic rings. The van der Waals surface area contributed by atoms with Gasteiger partial charge in [-0.15, -0.1) is 11.6 Å². The van der Waals surface area contributed by atoms with E-state index in [-0.39, 0.29) is 16.6 Å². The molecule has 2 heterocycles. The summed E-state index contributed by atoms with van der Waals surface area (Å²) in [7, 11) is -3.08. The Morgan fingerprint density at radius 3 is 2.79 bits per heavy atom. The smallest absolute Gasteiger partial charge is 0.168 e. The van der Waals surface area contributed by atoms with Gasteiger partial charge >= 0.3 is 0 Å². The first-order chi connectivity index (χ1) is 6.53. The number of halogens is 1. The van der Waals surface area contributed by atoms with Crippen molar-refractivity contribution >= 4 is 21.4 Å². The number of alkyl halides is 1. The van der Waals surface area contributed by atoms with E-state index in [0.717, 1.165) is 19.3 Å². The maximum atomic E-state index is 11.8. The molecule has 0 aromatic heterocycles. The van der Waals surface area contributed by atoms with Gasteiger partial charge in [0.2, 0.25) is 0 Å². The highest BCUT2D eigenvalue weighted by Gasteiger charge is 2.71. The molecule has 0 N–H and O–H groups in total. The molecule has 5 heteroatoms. The molecule has 1 saturated carbocycles. The lowest BCUT2D eigenvalue weighted by molar-refractivity contribution is 0.150. The zero-order chi connectivity index (χ0) is 10.0. The van der Waals surface area contributed by atoms with Crippen LogP contribution in [0.3, 0.4) is 0 Å². The second-order valence-electron chi connectivity index (χ2n) is 4.91. The minimum Gasteiger partial charge on any atom is -0.380 e. The molecular formula is C9H13ClO3S. The number of ether oxygens (including phenoxy) is 1. The molecule has 2 saturated heterocycles. The Morgan fingerprint density at radius 2 is 2.07 bits per heavy atom. The molecule has 0 spiro atoms. The van der Waals surface area contributed by atoms with Crippen molar-refractivity contribution in [3.05, 3.63) is 0 Å². The fraction of sp³-hybridized carbons (Fsp3) is 1.00. The largest absolute Gasteiger partial charge is 0.380 e. The molecule has 3 nitrogen and oxygen atoms in total. The van der Waals surface area contributed by atoms with Gasteiger partial charge in [-0.25, -0.2) is 8.42 Å². The summed E-state index contributed by atoms with van der Waals surface area (Å²) in [5.41, 5.74) is -0.397. The van der Waals surface area contributed by atoms with Gasteiger partial charge in [0.25, 0.3) is 0 Å². The van der Waals surface area contributed by atoms with Gasteiger partial charge in [-0.05, 0) is 12.8 Å². The van der Waals surface area contributed by atoms with Crippen molar-refractivity contribution < 1.29 is 13.2 Å². The first kappa shape index (κ1) is 9.43. The molecule has 2 aliphatic heterocycles. The summed E-state index contributed by atoms with van der Waals surface area (Å²) in [5.74, 6) is 0.244. The summed E-state index contributed by atoms with van der Waals surface area (Å²) in [4.78, 5) is 0. The van der Waals surface area contributed by atoms with Crippen LogP contribution in [0, 0.1) is 10.8 Å². The monoisotopic (exact) mass is 236 g/mol. The maximum Gasteiger partial charge on any atom is 0.168 e. The average molecular weight is 237 g/mol. The Hall–Kier alpha value is 0.200. The molecule has 0 radical (unpaired) electrons. The topological polar surface area (TPSA) is 43.4 Å². The van der Waals surface area contributed by atoms with E-state index in [1.54, 1.807) is 0 Å². The van der Waals surface area contributed by atoms with E-state index in [2.05, 4.69) is 0 Å². The fourth-order valence-electron chi connectivity index (χ4n) is 3.61. The molecule has 0 unspecified atom stereocenters. The van der Waals surface area contributed by atoms with Crippen molar-refractivity contribution in [2.24, 2.45) is 10.8 Å². The highest BCUT2D eigenvalue weighted by atomic mass is 35.5. The third-order valence-corrected chi connectivity index (χ3v) is 7.57. The van der Waals surface area contributed by atoms with Crippen LogP contribution in [0.15, 0.2) is 0 Å². The first-order valence-corrected chi connectivity index (χ1v) is 7.11. The summed E-state index contributed by atoms with van der Waals surface area (Å²) >= 11 is 6.12. The molecule has 0 amide bonds. The molecule has 3 rings (SSSR count). The lowest BCUT2D eigenvalue weighted by Gasteiger charge is -2.31. The average Bonchev–Trinajstić information content (AvgIpc) is 2.60. The van der Waals surface area contributed by atoms with Gasteiger partial charge in [-0.1, -0.05) is 6.42 Å². The van der Waals surface area contributed by atoms with Crippen LogP contribution in [0.4, 0.5) is 0 Å². The highest BCUT2D eigenvalue weighted by Crippen LogP contribution is 2.65. The van der Waals surface area contributed by atoms with E-state index in [1.807, 2.05) is 0 Å². The Balaban J connectivity index is 2.18. The molecule has 1 aliphatic carbocycles. The molecule has 14 heavy (non-hydrogen) atoms. The molecule has 0 aromatic carbocycles. The number of hydrogen-bond donors (Lipinski definition) is 0. The van der Waals surface area contributed by atoms with E-state index >= 15 is 0 Å². The molecule has 0 bridgehead atoms. The van der Waals surface area contributed by atoms with Crippen molar-refractivity contribution in [3.63, 3.8) is 0 Å². The number of rotatable bonds is 0. The van der Waals surface area contributed by atoms with Gasteiger partial charge in [0.1, 0.15) is 4.71 Å². The van der Waals surface area contributed by atoms with Crippen molar-refractivity contribution in [1.29, 1.82) is 0 Å². The predicted molar refractivity (Wildman–Crippen MR) is 53.0 cm³/mol. The second-order valence-corrected chi connectivity index (χ2v) is 7.69. The van der Waals surface area contributed by atoms with Crippen LogP contribution in [0.25, 0.3) is 0 Å². The highest BCUT2D eigenvalue weighted by molar-refractivity contribution is 7.93. The molecule has 80 valence electrons. The van der Waals surface area contributed by atoms with Crippen LogP contribution in [0.2, 0.25) is 0 Å². The SMILES string of the molecule is O=S1(=O)C[C@@]23CCC[C@@]2(COC3)[C@H]1Cl. The number of sulfone groups is 1. The van der Waals surface area contributed by atoms with E-state index < -0.39 is 14.5 Å². The molecule has 3 atom stereocenters. The summed E-state index contributed by atoms with van der Waals surface area (Å²) < 4.78 is 28.3. The Bertz CT molecular complexity index is 366. The van der Waals surface area contributed by atoms with Crippen LogP contribution < -0.4 is 0 Å². The zero-order valence-electron chi connectivity index (χ0n) is 7.83. The summed E-state index contributed by atoms with van der Waals surface area (Å²) in [6.07, 6.45) is 2.98. The molecule has 3 fully saturated rings. The summed E-state index contributed by atoms with van der Waals surface area (Å²) in [5, 5.41) is 0. The van der Waals surface area contributed by atoms with Gasteiger partial charge in [-0.3, -0.25) is 0 Å². The summed E-state index contributed by atoms with van der Waals surface area (Å²) in [6, 6.07) is 0. The van der Waals surface area contributed by atoms with Crippen molar-refractivity contribution in [2.75, 3.05) is 19.0 Å². The third kappa shape index (κ3) is 0.820. The van der Waals surface area contributed by atoms with Crippen LogP contribution in [-0.4, -0.2) is 32.1 Å². The first-order valence-electron chi connectivity index (χ1n) is 4.96. The Kier molecular flexibility index (Phi) is 1.66. The van der Waals surface area contributed by atoms with Crippen LogP contribution in [0.1, 0.15) is 19.3 Å². The van der Waals surface area contributed by atoms with E-state index in [9.17, 15) is 8.42 Å². The maximum absolute atomic E-state index is 11.8. The number of hydrogen-bond acceptors (Lipinski definition) is 3. The normalized spacial score (nSPS) is 54.5. The van der Waals surface area contributed by atoms with Crippen LogP contribution in [-0.2, 0) is 14.6 Å². The zero-order valence-corrected chi connectivity index (χ0v) is 9.40. The van der Waals surface area contributed by atoms with Gasteiger partial charge in [0.15, 0.2) is 9.84 Å². The van der Waals surface area contributed by atoms with E-state index in [4.69, 9.17) is 16.3 Å². The fourth-order valence-corrected chi connectivity index (χ4v) is 6.75. The standard InChI is InChI=1S/C9H13ClO3S/c10-7-9-3-1-2-8(9,4-13-5-9)6-14(7,11)12/h7H,1-6H2/t7-,8-,9+/m0/s1. The lowest BCUT2D eigenvalue weighted by atomic mass is 9.71. The van der Waals surface area contributed by atoms with E-state index in [1.165, 1.54) is 0 Å². The van der Waals surface area contributed by atoms with Crippen molar-refractivity contribution in [1.82, 2.24) is 0 Å². The van der Waals surface area contributed by atoms with Crippen molar-refractivity contribution in [2.45, 2.75) is 24.0 Å². The lowest BCUT2D eigenvalue weighted by Crippen LogP contribution is -2.37. The second kappa shape index (κ2) is 2.47. The summed E-state index contributed by atoms with van der Waals surface area (Å²) in [6.45, 7) is 1.13. The quantitative estimate of drug-likeness (QED) is 0.593. The van der Waals surface area contributed by atoms with Gasteiger partial charge < -0.3 is 4.74 Å². The van der Waals surface area contributed by atoms with Crippen LogP contribution >= 0.6 is 11.6 Å². The Morgan fingerprint density at radius 1 is 1.29 bits per heavy atom. The molecular weight excluding hydrogens is 224 g/mol.